The SMILES string of the molecule is COC(=O)CC(CO)NC(=O)CN1CC(CO)=CCCC1=O. The Morgan fingerprint density at radius 3 is 2.77 bits per heavy atom. The molecule has 1 aliphatic heterocycles. The number of aliphatic hydroxyl groups excluding tert-OH is 2. The zero-order valence-electron chi connectivity index (χ0n) is 12.6. The summed E-state index contributed by atoms with van der Waals surface area (Å²) in [5.41, 5.74) is 0.687. The number of carbonyl (C=O) groups excluding carboxylic acids is 3. The average Bonchev–Trinajstić information content (AvgIpc) is 2.68. The van der Waals surface area contributed by atoms with Crippen molar-refractivity contribution in [2.45, 2.75) is 25.3 Å². The predicted octanol–water partition coefficient (Wildman–Crippen LogP) is -1.43. The number of amides is 2. The van der Waals surface area contributed by atoms with Crippen LogP contribution in [0.4, 0.5) is 0 Å². The van der Waals surface area contributed by atoms with E-state index < -0.39 is 24.5 Å². The van der Waals surface area contributed by atoms with E-state index in [0.717, 1.165) is 0 Å². The van der Waals surface area contributed by atoms with E-state index in [-0.39, 0.29) is 38.4 Å². The fourth-order valence-electron chi connectivity index (χ4n) is 2.11. The number of aliphatic hydroxyl groups is 2. The first-order valence-electron chi connectivity index (χ1n) is 7.03. The second-order valence-electron chi connectivity index (χ2n) is 5.04. The van der Waals surface area contributed by atoms with Crippen LogP contribution < -0.4 is 5.32 Å². The maximum atomic E-state index is 12.0. The van der Waals surface area contributed by atoms with Crippen molar-refractivity contribution >= 4 is 17.8 Å². The summed E-state index contributed by atoms with van der Waals surface area (Å²) < 4.78 is 4.48. The average molecular weight is 314 g/mol. The summed E-state index contributed by atoms with van der Waals surface area (Å²) in [5.74, 6) is -1.20. The standard InChI is InChI=1S/C14H22N2O6/c1-22-14(21)5-11(9-18)15-12(19)7-16-6-10(8-17)3-2-4-13(16)20/h3,11,17-18H,2,4-9H2,1H3,(H,15,19). The van der Waals surface area contributed by atoms with Crippen molar-refractivity contribution in [3.63, 3.8) is 0 Å². The molecule has 0 saturated heterocycles. The fraction of sp³-hybridized carbons (Fsp3) is 0.643. The molecule has 2 amide bonds. The molecular formula is C14H22N2O6. The zero-order chi connectivity index (χ0) is 16.5. The minimum atomic E-state index is -0.755. The van der Waals surface area contributed by atoms with E-state index in [1.807, 2.05) is 0 Å². The van der Waals surface area contributed by atoms with Gasteiger partial charge in [0.05, 0.1) is 39.3 Å². The Morgan fingerprint density at radius 1 is 1.45 bits per heavy atom. The highest BCUT2D eigenvalue weighted by molar-refractivity contribution is 5.85. The lowest BCUT2D eigenvalue weighted by Crippen LogP contribution is -2.46. The van der Waals surface area contributed by atoms with Crippen LogP contribution in [0.3, 0.4) is 0 Å². The number of allylic oxidation sites excluding steroid dienone is 1. The Bertz CT molecular complexity index is 449. The summed E-state index contributed by atoms with van der Waals surface area (Å²) in [6, 6.07) is -0.755. The van der Waals surface area contributed by atoms with Gasteiger partial charge in [0.2, 0.25) is 11.8 Å². The number of rotatable bonds is 7. The molecule has 0 fully saturated rings. The molecule has 1 unspecified atom stereocenters. The van der Waals surface area contributed by atoms with Gasteiger partial charge in [-0.3, -0.25) is 14.4 Å². The third kappa shape index (κ3) is 5.82. The van der Waals surface area contributed by atoms with Crippen LogP contribution in [0.2, 0.25) is 0 Å². The van der Waals surface area contributed by atoms with Gasteiger partial charge in [0.1, 0.15) is 0 Å². The summed E-state index contributed by atoms with van der Waals surface area (Å²) in [6.45, 7) is -0.555. The monoisotopic (exact) mass is 314 g/mol. The molecule has 0 aromatic rings. The number of hydrogen-bond acceptors (Lipinski definition) is 6. The van der Waals surface area contributed by atoms with Crippen molar-refractivity contribution < 1.29 is 29.3 Å². The van der Waals surface area contributed by atoms with Crippen LogP contribution in [0.1, 0.15) is 19.3 Å². The van der Waals surface area contributed by atoms with Crippen molar-refractivity contribution in [1.29, 1.82) is 0 Å². The summed E-state index contributed by atoms with van der Waals surface area (Å²) in [5, 5.41) is 20.8. The van der Waals surface area contributed by atoms with Gasteiger partial charge < -0.3 is 25.2 Å². The van der Waals surface area contributed by atoms with Gasteiger partial charge in [0, 0.05) is 13.0 Å². The molecule has 8 heteroatoms. The number of nitrogens with one attached hydrogen (secondary N) is 1. The maximum Gasteiger partial charge on any atom is 0.307 e. The van der Waals surface area contributed by atoms with Crippen LogP contribution in [-0.4, -0.2) is 72.4 Å². The molecule has 1 heterocycles. The van der Waals surface area contributed by atoms with Gasteiger partial charge in [-0.25, -0.2) is 0 Å². The van der Waals surface area contributed by atoms with Crippen LogP contribution in [-0.2, 0) is 19.1 Å². The Balaban J connectivity index is 2.56. The van der Waals surface area contributed by atoms with Crippen molar-refractivity contribution in [2.24, 2.45) is 0 Å². The maximum absolute atomic E-state index is 12.0. The van der Waals surface area contributed by atoms with Gasteiger partial charge in [0.15, 0.2) is 0 Å². The fourth-order valence-corrected chi connectivity index (χ4v) is 2.11. The third-order valence-electron chi connectivity index (χ3n) is 3.30. The smallest absolute Gasteiger partial charge is 0.307 e. The first-order chi connectivity index (χ1) is 10.5. The molecule has 0 bridgehead atoms. The quantitative estimate of drug-likeness (QED) is 0.392. The molecule has 124 valence electrons. The highest BCUT2D eigenvalue weighted by atomic mass is 16.5. The van der Waals surface area contributed by atoms with Gasteiger partial charge in [-0.1, -0.05) is 6.08 Å². The Morgan fingerprint density at radius 2 is 2.18 bits per heavy atom. The van der Waals surface area contributed by atoms with Crippen molar-refractivity contribution in [1.82, 2.24) is 10.2 Å². The van der Waals surface area contributed by atoms with Gasteiger partial charge in [-0.15, -0.1) is 0 Å². The number of nitrogens with zero attached hydrogens (tertiary/aromatic N) is 1. The molecule has 8 nitrogen and oxygen atoms in total. The third-order valence-corrected chi connectivity index (χ3v) is 3.30. The van der Waals surface area contributed by atoms with Crippen molar-refractivity contribution in [3.05, 3.63) is 11.6 Å². The van der Waals surface area contributed by atoms with Crippen molar-refractivity contribution in [3.8, 4) is 0 Å². The number of hydrogen-bond donors (Lipinski definition) is 3. The second kappa shape index (κ2) is 9.16. The van der Waals surface area contributed by atoms with Gasteiger partial charge in [-0.05, 0) is 12.0 Å². The zero-order valence-corrected chi connectivity index (χ0v) is 12.6. The van der Waals surface area contributed by atoms with E-state index in [1.165, 1.54) is 12.0 Å². The van der Waals surface area contributed by atoms with E-state index >= 15 is 0 Å². The van der Waals surface area contributed by atoms with E-state index in [1.54, 1.807) is 6.08 Å². The summed E-state index contributed by atoms with van der Waals surface area (Å²) >= 11 is 0. The van der Waals surface area contributed by atoms with Crippen LogP contribution in [0, 0.1) is 0 Å². The molecule has 1 atom stereocenters. The number of ether oxygens (including phenoxy) is 1. The van der Waals surface area contributed by atoms with Crippen LogP contribution in [0.5, 0.6) is 0 Å². The molecule has 0 radical (unpaired) electrons. The van der Waals surface area contributed by atoms with Crippen LogP contribution in [0.15, 0.2) is 11.6 Å². The normalized spacial score (nSPS) is 16.6. The largest absolute Gasteiger partial charge is 0.469 e. The molecule has 0 spiro atoms. The number of carbonyl (C=O) groups is 3. The second-order valence-corrected chi connectivity index (χ2v) is 5.04. The minimum absolute atomic E-state index is 0.144. The molecule has 0 aliphatic carbocycles. The molecule has 1 aliphatic rings. The first kappa shape index (κ1) is 18.1. The van der Waals surface area contributed by atoms with Crippen LogP contribution >= 0.6 is 0 Å². The molecule has 22 heavy (non-hydrogen) atoms. The van der Waals surface area contributed by atoms with E-state index in [2.05, 4.69) is 10.1 Å². The first-order valence-corrected chi connectivity index (χ1v) is 7.03. The lowest BCUT2D eigenvalue weighted by Gasteiger charge is -2.23. The molecule has 3 N–H and O–H groups in total. The Kier molecular flexibility index (Phi) is 7.55. The topological polar surface area (TPSA) is 116 Å². The van der Waals surface area contributed by atoms with Crippen LogP contribution in [0.25, 0.3) is 0 Å². The van der Waals surface area contributed by atoms with E-state index in [9.17, 15) is 19.5 Å². The van der Waals surface area contributed by atoms with E-state index in [0.29, 0.717) is 12.0 Å². The molecular weight excluding hydrogens is 292 g/mol. The highest BCUT2D eigenvalue weighted by Crippen LogP contribution is 2.10. The molecule has 0 aromatic heterocycles. The summed E-state index contributed by atoms with van der Waals surface area (Å²) in [7, 11) is 1.22. The van der Waals surface area contributed by atoms with Crippen molar-refractivity contribution in [2.75, 3.05) is 33.4 Å². The number of methoxy groups -OCH3 is 1. The van der Waals surface area contributed by atoms with Gasteiger partial charge in [-0.2, -0.15) is 0 Å². The molecule has 1 rings (SSSR count). The lowest BCUT2D eigenvalue weighted by molar-refractivity contribution is -0.142. The molecule has 0 aromatic carbocycles. The van der Waals surface area contributed by atoms with Gasteiger partial charge in [0.25, 0.3) is 0 Å². The predicted molar refractivity (Wildman–Crippen MR) is 76.6 cm³/mol. The summed E-state index contributed by atoms with van der Waals surface area (Å²) in [4.78, 5) is 36.3. The summed E-state index contributed by atoms with van der Waals surface area (Å²) in [6.07, 6.45) is 2.47. The van der Waals surface area contributed by atoms with Gasteiger partial charge >= 0.3 is 5.97 Å². The van der Waals surface area contributed by atoms with E-state index in [4.69, 9.17) is 5.11 Å². The Labute approximate surface area is 128 Å². The molecule has 0 saturated carbocycles. The minimum Gasteiger partial charge on any atom is -0.469 e. The highest BCUT2D eigenvalue weighted by Gasteiger charge is 2.22. The lowest BCUT2D eigenvalue weighted by atomic mass is 10.2. The Hall–Kier alpha value is -1.93. The number of esters is 1.